The number of esters is 1. The lowest BCUT2D eigenvalue weighted by molar-refractivity contribution is -0.148. The van der Waals surface area contributed by atoms with Crippen molar-refractivity contribution in [2.75, 3.05) is 19.7 Å². The molecule has 0 atom stereocenters. The van der Waals surface area contributed by atoms with Gasteiger partial charge in [0.1, 0.15) is 0 Å². The molecule has 1 aliphatic rings. The van der Waals surface area contributed by atoms with E-state index in [0.717, 1.165) is 34.5 Å². The highest BCUT2D eigenvalue weighted by Gasteiger charge is 2.40. The van der Waals surface area contributed by atoms with Gasteiger partial charge in [0.2, 0.25) is 10.0 Å². The summed E-state index contributed by atoms with van der Waals surface area (Å²) in [6.45, 7) is 1.31. The number of nitrogens with zero attached hydrogens (tertiary/aromatic N) is 1. The number of carbonyl (C=O) groups excluding carboxylic acids is 2. The molecule has 33 heavy (non-hydrogen) atoms. The summed E-state index contributed by atoms with van der Waals surface area (Å²) in [5, 5.41) is 0. The van der Waals surface area contributed by atoms with Crippen molar-refractivity contribution >= 4 is 21.8 Å². The number of Topliss-reactive ketones (excluding diaryl/α,β-unsaturated/α-hetero) is 1. The van der Waals surface area contributed by atoms with Gasteiger partial charge in [-0.15, -0.1) is 0 Å². The molecular weight excluding hydrogens is 459 g/mol. The molecule has 1 fully saturated rings. The molecule has 0 bridgehead atoms. The maximum absolute atomic E-state index is 13.3. The first-order valence-corrected chi connectivity index (χ1v) is 11.9. The van der Waals surface area contributed by atoms with Crippen molar-refractivity contribution < 1.29 is 35.9 Å². The van der Waals surface area contributed by atoms with Crippen molar-refractivity contribution in [1.82, 2.24) is 4.31 Å². The Morgan fingerprint density at radius 1 is 1.03 bits per heavy atom. The van der Waals surface area contributed by atoms with Gasteiger partial charge in [0.15, 0.2) is 12.4 Å². The minimum atomic E-state index is -4.81. The SMILES string of the molecule is CCc1ccc(C(=O)COC(=O)C2CCN(S(=O)(=O)c3ccccc3C(F)(F)F)CC2)cc1. The van der Waals surface area contributed by atoms with Gasteiger partial charge in [0.05, 0.1) is 16.4 Å². The molecule has 0 spiro atoms. The summed E-state index contributed by atoms with van der Waals surface area (Å²) < 4.78 is 71.5. The van der Waals surface area contributed by atoms with Crippen LogP contribution < -0.4 is 0 Å². The zero-order valence-corrected chi connectivity index (χ0v) is 18.8. The van der Waals surface area contributed by atoms with Crippen molar-refractivity contribution in [2.24, 2.45) is 5.92 Å². The number of ether oxygens (including phenoxy) is 1. The zero-order valence-electron chi connectivity index (χ0n) is 18.0. The van der Waals surface area contributed by atoms with Gasteiger partial charge in [-0.3, -0.25) is 9.59 Å². The van der Waals surface area contributed by atoms with Gasteiger partial charge in [-0.25, -0.2) is 8.42 Å². The monoisotopic (exact) mass is 483 g/mol. The average molecular weight is 484 g/mol. The Morgan fingerprint density at radius 3 is 2.21 bits per heavy atom. The largest absolute Gasteiger partial charge is 0.457 e. The van der Waals surface area contributed by atoms with Gasteiger partial charge < -0.3 is 4.74 Å². The summed E-state index contributed by atoms with van der Waals surface area (Å²) in [7, 11) is -4.39. The Kier molecular flexibility index (Phi) is 7.58. The van der Waals surface area contributed by atoms with Crippen LogP contribution in [0.1, 0.15) is 41.3 Å². The number of piperidine rings is 1. The van der Waals surface area contributed by atoms with Crippen molar-refractivity contribution in [2.45, 2.75) is 37.3 Å². The molecule has 6 nitrogen and oxygen atoms in total. The third-order valence-corrected chi connectivity index (χ3v) is 7.58. The van der Waals surface area contributed by atoms with Crippen molar-refractivity contribution in [3.63, 3.8) is 0 Å². The van der Waals surface area contributed by atoms with Crippen molar-refractivity contribution in [3.8, 4) is 0 Å². The first kappa shape index (κ1) is 24.9. The third-order valence-electron chi connectivity index (χ3n) is 5.63. The molecule has 0 saturated carbocycles. The second-order valence-electron chi connectivity index (χ2n) is 7.75. The number of halogens is 3. The quantitative estimate of drug-likeness (QED) is 0.438. The Bertz CT molecular complexity index is 1110. The lowest BCUT2D eigenvalue weighted by Crippen LogP contribution is -2.41. The molecule has 0 aromatic heterocycles. The number of aryl methyl sites for hydroxylation is 1. The van der Waals surface area contributed by atoms with Gasteiger partial charge in [0, 0.05) is 18.7 Å². The average Bonchev–Trinajstić information content (AvgIpc) is 2.82. The van der Waals surface area contributed by atoms with Crippen molar-refractivity contribution in [3.05, 3.63) is 65.2 Å². The van der Waals surface area contributed by atoms with Gasteiger partial charge in [-0.1, -0.05) is 43.3 Å². The van der Waals surface area contributed by atoms with Crippen LogP contribution in [0.3, 0.4) is 0 Å². The van der Waals surface area contributed by atoms with E-state index in [9.17, 15) is 31.2 Å². The summed E-state index contributed by atoms with van der Waals surface area (Å²) in [4.78, 5) is 23.8. The first-order valence-electron chi connectivity index (χ1n) is 10.5. The highest BCUT2D eigenvalue weighted by molar-refractivity contribution is 7.89. The first-order chi connectivity index (χ1) is 15.5. The Balaban J connectivity index is 1.58. The predicted octanol–water partition coefficient (Wildman–Crippen LogP) is 4.09. The summed E-state index contributed by atoms with van der Waals surface area (Å²) in [5.41, 5.74) is 0.268. The van der Waals surface area contributed by atoms with Crippen LogP contribution in [0.4, 0.5) is 13.2 Å². The summed E-state index contributed by atoms with van der Waals surface area (Å²) in [6.07, 6.45) is -3.80. The number of rotatable bonds is 7. The normalized spacial score (nSPS) is 15.9. The number of alkyl halides is 3. The molecule has 0 N–H and O–H groups in total. The van der Waals surface area contributed by atoms with E-state index in [0.29, 0.717) is 5.56 Å². The molecule has 0 aliphatic carbocycles. The third kappa shape index (κ3) is 5.80. The molecule has 3 rings (SSSR count). The fourth-order valence-electron chi connectivity index (χ4n) is 3.66. The Labute approximate surface area is 190 Å². The van der Waals surface area contributed by atoms with Crippen LogP contribution >= 0.6 is 0 Å². The fourth-order valence-corrected chi connectivity index (χ4v) is 5.34. The van der Waals surface area contributed by atoms with E-state index in [2.05, 4.69) is 0 Å². The van der Waals surface area contributed by atoms with Crippen LogP contribution in [-0.2, 0) is 32.2 Å². The molecule has 2 aromatic carbocycles. The van der Waals surface area contributed by atoms with Gasteiger partial charge in [-0.2, -0.15) is 17.5 Å². The number of benzene rings is 2. The van der Waals surface area contributed by atoms with E-state index in [-0.39, 0.29) is 31.7 Å². The highest BCUT2D eigenvalue weighted by Crippen LogP contribution is 2.36. The van der Waals surface area contributed by atoms with Gasteiger partial charge >= 0.3 is 12.1 Å². The molecule has 0 unspecified atom stereocenters. The number of hydrogen-bond donors (Lipinski definition) is 0. The summed E-state index contributed by atoms with van der Waals surface area (Å²) in [5.74, 6) is -1.61. The van der Waals surface area contributed by atoms with E-state index >= 15 is 0 Å². The fraction of sp³-hybridized carbons (Fsp3) is 0.391. The lowest BCUT2D eigenvalue weighted by atomic mass is 9.98. The minimum absolute atomic E-state index is 0.0889. The lowest BCUT2D eigenvalue weighted by Gasteiger charge is -2.30. The van der Waals surface area contributed by atoms with E-state index < -0.39 is 45.2 Å². The topological polar surface area (TPSA) is 80.8 Å². The van der Waals surface area contributed by atoms with Crippen LogP contribution in [0.2, 0.25) is 0 Å². The van der Waals surface area contributed by atoms with E-state index in [1.165, 1.54) is 6.07 Å². The van der Waals surface area contributed by atoms with Gasteiger partial charge in [-0.05, 0) is 37.0 Å². The number of hydrogen-bond acceptors (Lipinski definition) is 5. The molecule has 2 aromatic rings. The van der Waals surface area contributed by atoms with Gasteiger partial charge in [0.25, 0.3) is 0 Å². The zero-order chi connectivity index (χ0) is 24.2. The smallest absolute Gasteiger partial charge is 0.417 e. The molecule has 1 saturated heterocycles. The second-order valence-corrected chi connectivity index (χ2v) is 9.66. The van der Waals surface area contributed by atoms with E-state index in [1.807, 2.05) is 19.1 Å². The van der Waals surface area contributed by atoms with E-state index in [1.54, 1.807) is 12.1 Å². The molecule has 0 amide bonds. The van der Waals surface area contributed by atoms with Crippen molar-refractivity contribution in [1.29, 1.82) is 0 Å². The second kappa shape index (κ2) is 10.0. The summed E-state index contributed by atoms with van der Waals surface area (Å²) >= 11 is 0. The summed E-state index contributed by atoms with van der Waals surface area (Å²) in [6, 6.07) is 11.0. The maximum atomic E-state index is 13.3. The number of sulfonamides is 1. The predicted molar refractivity (Wildman–Crippen MR) is 114 cm³/mol. The molecular formula is C23H24F3NO5S. The Morgan fingerprint density at radius 2 is 1.64 bits per heavy atom. The standard InChI is InChI=1S/C23H24F3NO5S/c1-2-16-7-9-17(10-8-16)20(28)15-32-22(29)18-11-13-27(14-12-18)33(30,31)21-6-4-3-5-19(21)23(24,25)26/h3-10,18H,2,11-15H2,1H3. The highest BCUT2D eigenvalue weighted by atomic mass is 32.2. The molecule has 1 aliphatic heterocycles. The van der Waals surface area contributed by atoms with Crippen LogP contribution in [0.25, 0.3) is 0 Å². The van der Waals surface area contributed by atoms with Crippen LogP contribution in [0.5, 0.6) is 0 Å². The van der Waals surface area contributed by atoms with Crippen LogP contribution in [0, 0.1) is 5.92 Å². The number of ketones is 1. The van der Waals surface area contributed by atoms with Crippen LogP contribution in [0.15, 0.2) is 53.4 Å². The molecule has 1 heterocycles. The van der Waals surface area contributed by atoms with E-state index in [4.69, 9.17) is 4.74 Å². The maximum Gasteiger partial charge on any atom is 0.417 e. The molecule has 0 radical (unpaired) electrons. The molecule has 10 heteroatoms. The Hall–Kier alpha value is -2.72. The van der Waals surface area contributed by atoms with Crippen LogP contribution in [-0.4, -0.2) is 44.2 Å². The minimum Gasteiger partial charge on any atom is -0.457 e. The number of carbonyl (C=O) groups is 2. The molecule has 178 valence electrons.